The highest BCUT2D eigenvalue weighted by Gasteiger charge is 2.34. The molecule has 6 heteroatoms. The van der Waals surface area contributed by atoms with Crippen molar-refractivity contribution in [2.45, 2.75) is 19.5 Å². The molecule has 2 amide bonds. The van der Waals surface area contributed by atoms with E-state index < -0.39 is 6.04 Å². The summed E-state index contributed by atoms with van der Waals surface area (Å²) >= 11 is 0. The van der Waals surface area contributed by atoms with Crippen molar-refractivity contribution in [3.63, 3.8) is 0 Å². The van der Waals surface area contributed by atoms with E-state index in [-0.39, 0.29) is 17.6 Å². The van der Waals surface area contributed by atoms with Crippen LogP contribution < -0.4 is 0 Å². The number of nitrogens with zero attached hydrogens (tertiary/aromatic N) is 3. The molecule has 0 aliphatic carbocycles. The van der Waals surface area contributed by atoms with E-state index in [2.05, 4.69) is 0 Å². The second kappa shape index (κ2) is 6.87. The van der Waals surface area contributed by atoms with E-state index in [0.29, 0.717) is 31.7 Å². The summed E-state index contributed by atoms with van der Waals surface area (Å²) in [5, 5.41) is 0. The normalized spacial score (nSPS) is 19.1. The number of hydrogen-bond donors (Lipinski definition) is 0. The summed E-state index contributed by atoms with van der Waals surface area (Å²) in [4.78, 5) is 29.1. The van der Waals surface area contributed by atoms with Gasteiger partial charge in [-0.05, 0) is 6.07 Å². The molecule has 1 heterocycles. The molecule has 1 atom stereocenters. The van der Waals surface area contributed by atoms with Crippen molar-refractivity contribution in [3.8, 4) is 0 Å². The Morgan fingerprint density at radius 1 is 1.27 bits per heavy atom. The van der Waals surface area contributed by atoms with Crippen molar-refractivity contribution in [3.05, 3.63) is 35.6 Å². The Morgan fingerprint density at radius 2 is 1.95 bits per heavy atom. The Morgan fingerprint density at radius 3 is 2.55 bits per heavy atom. The SMILES string of the molecule is CC(=O)N1CCN(Cc2ccccc2F)C[C@@H]1C(=O)N(C)C. The molecule has 0 aromatic heterocycles. The van der Waals surface area contributed by atoms with Crippen molar-refractivity contribution in [2.75, 3.05) is 33.7 Å². The second-order valence-corrected chi connectivity index (χ2v) is 5.79. The number of piperazine rings is 1. The zero-order chi connectivity index (χ0) is 16.3. The number of rotatable bonds is 3. The van der Waals surface area contributed by atoms with Gasteiger partial charge in [0.1, 0.15) is 11.9 Å². The standard InChI is InChI=1S/C16H22FN3O2/c1-12(21)20-9-8-19(11-15(20)16(22)18(2)3)10-13-6-4-5-7-14(13)17/h4-7,15H,8-11H2,1-3H3/t15-/m1/s1. The van der Waals surface area contributed by atoms with Gasteiger partial charge in [-0.1, -0.05) is 18.2 Å². The molecule has 0 N–H and O–H groups in total. The van der Waals surface area contributed by atoms with E-state index in [4.69, 9.17) is 0 Å². The number of halogens is 1. The molecule has 1 aliphatic heterocycles. The average molecular weight is 307 g/mol. The van der Waals surface area contributed by atoms with Gasteiger partial charge in [0.2, 0.25) is 11.8 Å². The molecule has 0 radical (unpaired) electrons. The number of likely N-dealkylation sites (N-methyl/N-ethyl adjacent to an activating group) is 1. The molecule has 1 aliphatic rings. The van der Waals surface area contributed by atoms with Crippen LogP contribution in [0.15, 0.2) is 24.3 Å². The summed E-state index contributed by atoms with van der Waals surface area (Å²) in [6.07, 6.45) is 0. The minimum atomic E-state index is -0.506. The molecule has 5 nitrogen and oxygen atoms in total. The maximum atomic E-state index is 13.8. The zero-order valence-corrected chi connectivity index (χ0v) is 13.3. The number of carbonyl (C=O) groups is 2. The zero-order valence-electron chi connectivity index (χ0n) is 13.3. The lowest BCUT2D eigenvalue weighted by Gasteiger charge is -2.41. The van der Waals surface area contributed by atoms with Crippen molar-refractivity contribution < 1.29 is 14.0 Å². The summed E-state index contributed by atoms with van der Waals surface area (Å²) in [7, 11) is 3.35. The third-order valence-corrected chi connectivity index (χ3v) is 3.95. The number of amides is 2. The van der Waals surface area contributed by atoms with Crippen molar-refractivity contribution >= 4 is 11.8 Å². The first-order valence-electron chi connectivity index (χ1n) is 7.34. The third-order valence-electron chi connectivity index (χ3n) is 3.95. The Bertz CT molecular complexity index is 562. The number of carbonyl (C=O) groups excluding carboxylic acids is 2. The van der Waals surface area contributed by atoms with E-state index in [0.717, 1.165) is 0 Å². The molecule has 1 aromatic carbocycles. The largest absolute Gasteiger partial charge is 0.347 e. The summed E-state index contributed by atoms with van der Waals surface area (Å²) in [5.41, 5.74) is 0.606. The van der Waals surface area contributed by atoms with Gasteiger partial charge in [0.25, 0.3) is 0 Å². The molecule has 0 bridgehead atoms. The van der Waals surface area contributed by atoms with Crippen LogP contribution in [0.5, 0.6) is 0 Å². The monoisotopic (exact) mass is 307 g/mol. The van der Waals surface area contributed by atoms with Gasteiger partial charge >= 0.3 is 0 Å². The molecule has 22 heavy (non-hydrogen) atoms. The lowest BCUT2D eigenvalue weighted by molar-refractivity contribution is -0.146. The molecule has 2 rings (SSSR count). The predicted molar refractivity (Wildman–Crippen MR) is 81.5 cm³/mol. The summed E-state index contributed by atoms with van der Waals surface area (Å²) in [6.45, 7) is 3.45. The number of benzene rings is 1. The van der Waals surface area contributed by atoms with Crippen LogP contribution in [-0.4, -0.2) is 66.3 Å². The Hall–Kier alpha value is -1.95. The smallest absolute Gasteiger partial charge is 0.246 e. The average Bonchev–Trinajstić information content (AvgIpc) is 2.48. The Labute approximate surface area is 130 Å². The van der Waals surface area contributed by atoms with Gasteiger partial charge in [-0.15, -0.1) is 0 Å². The quantitative estimate of drug-likeness (QED) is 0.835. The van der Waals surface area contributed by atoms with E-state index in [1.807, 2.05) is 4.90 Å². The number of hydrogen-bond acceptors (Lipinski definition) is 3. The maximum absolute atomic E-state index is 13.8. The van der Waals surface area contributed by atoms with Gasteiger partial charge in [0.15, 0.2) is 0 Å². The Kier molecular flexibility index (Phi) is 5.13. The van der Waals surface area contributed by atoms with Crippen molar-refractivity contribution in [1.82, 2.24) is 14.7 Å². The second-order valence-electron chi connectivity index (χ2n) is 5.79. The highest BCUT2D eigenvalue weighted by atomic mass is 19.1. The first-order chi connectivity index (χ1) is 10.4. The van der Waals surface area contributed by atoms with Crippen molar-refractivity contribution in [2.24, 2.45) is 0 Å². The third kappa shape index (κ3) is 3.62. The maximum Gasteiger partial charge on any atom is 0.246 e. The summed E-state index contributed by atoms with van der Waals surface area (Å²) < 4.78 is 13.8. The highest BCUT2D eigenvalue weighted by Crippen LogP contribution is 2.16. The van der Waals surface area contributed by atoms with Crippen LogP contribution in [-0.2, 0) is 16.1 Å². The van der Waals surface area contributed by atoms with Gasteiger partial charge < -0.3 is 9.80 Å². The molecular weight excluding hydrogens is 285 g/mol. The summed E-state index contributed by atoms with van der Waals surface area (Å²) in [5.74, 6) is -0.453. The van der Waals surface area contributed by atoms with Crippen LogP contribution in [0.3, 0.4) is 0 Å². The van der Waals surface area contributed by atoms with E-state index in [1.54, 1.807) is 37.2 Å². The van der Waals surface area contributed by atoms with E-state index in [1.165, 1.54) is 17.9 Å². The minimum Gasteiger partial charge on any atom is -0.347 e. The van der Waals surface area contributed by atoms with Crippen LogP contribution in [0, 0.1) is 5.82 Å². The van der Waals surface area contributed by atoms with Gasteiger partial charge in [-0.2, -0.15) is 0 Å². The molecule has 0 spiro atoms. The first kappa shape index (κ1) is 16.4. The lowest BCUT2D eigenvalue weighted by Crippen LogP contribution is -2.59. The van der Waals surface area contributed by atoms with Gasteiger partial charge in [-0.25, -0.2) is 4.39 Å². The molecule has 1 saturated heterocycles. The molecule has 0 saturated carbocycles. The van der Waals surface area contributed by atoms with Gasteiger partial charge in [0, 0.05) is 52.8 Å². The first-order valence-corrected chi connectivity index (χ1v) is 7.34. The van der Waals surface area contributed by atoms with Crippen LogP contribution in [0.2, 0.25) is 0 Å². The van der Waals surface area contributed by atoms with Crippen molar-refractivity contribution in [1.29, 1.82) is 0 Å². The molecule has 1 fully saturated rings. The van der Waals surface area contributed by atoms with Crippen LogP contribution in [0.25, 0.3) is 0 Å². The lowest BCUT2D eigenvalue weighted by atomic mass is 10.1. The van der Waals surface area contributed by atoms with Gasteiger partial charge in [-0.3, -0.25) is 14.5 Å². The van der Waals surface area contributed by atoms with E-state index in [9.17, 15) is 14.0 Å². The Balaban J connectivity index is 2.12. The fraction of sp³-hybridized carbons (Fsp3) is 0.500. The van der Waals surface area contributed by atoms with E-state index >= 15 is 0 Å². The van der Waals surface area contributed by atoms with Crippen LogP contribution in [0.4, 0.5) is 4.39 Å². The topological polar surface area (TPSA) is 43.9 Å². The molecule has 120 valence electrons. The van der Waals surface area contributed by atoms with Gasteiger partial charge in [0.05, 0.1) is 0 Å². The predicted octanol–water partition coefficient (Wildman–Crippen LogP) is 0.947. The summed E-state index contributed by atoms with van der Waals surface area (Å²) in [6, 6.07) is 6.13. The molecular formula is C16H22FN3O2. The molecule has 1 aromatic rings. The molecule has 0 unspecified atom stereocenters. The fourth-order valence-electron chi connectivity index (χ4n) is 2.74. The van der Waals surface area contributed by atoms with Crippen LogP contribution in [0.1, 0.15) is 12.5 Å². The minimum absolute atomic E-state index is 0.103. The van der Waals surface area contributed by atoms with Crippen LogP contribution >= 0.6 is 0 Å². The highest BCUT2D eigenvalue weighted by molar-refractivity contribution is 5.87. The fourth-order valence-corrected chi connectivity index (χ4v) is 2.74.